The van der Waals surface area contributed by atoms with E-state index in [1.54, 1.807) is 60.7 Å². The Morgan fingerprint density at radius 2 is 1.28 bits per heavy atom. The number of carbonyl (C=O) groups is 2. The third-order valence-corrected chi connectivity index (χ3v) is 8.10. The number of aliphatic hydroxyl groups is 1. The third-order valence-electron chi connectivity index (χ3n) is 8.10. The van der Waals surface area contributed by atoms with Gasteiger partial charge < -0.3 is 30.0 Å². The molecular weight excluding hydrogens is 608 g/mol. The number of benzene rings is 2. The minimum absolute atomic E-state index is 0.0277. The minimum Gasteiger partial charge on any atom is -0.390 e. The zero-order valence-electron chi connectivity index (χ0n) is 25.5. The molecule has 6 atom stereocenters. The van der Waals surface area contributed by atoms with Gasteiger partial charge >= 0.3 is 11.4 Å². The molecule has 2 amide bonds. The van der Waals surface area contributed by atoms with Crippen molar-refractivity contribution in [2.45, 2.75) is 63.1 Å². The topological polar surface area (TPSA) is 176 Å². The van der Waals surface area contributed by atoms with Crippen molar-refractivity contribution in [2.24, 2.45) is 0 Å². The quantitative estimate of drug-likeness (QED) is 0.233. The molecule has 2 aliphatic rings. The zero-order chi connectivity index (χ0) is 32.9. The Labute approximate surface area is 269 Å². The Hall–Kier alpha value is -5.02. The number of rotatable bonds is 10. The smallest absolute Gasteiger partial charge is 0.351 e. The number of aliphatic hydroxyl groups excluding tert-OH is 1. The van der Waals surface area contributed by atoms with Crippen molar-refractivity contribution in [3.63, 3.8) is 0 Å². The van der Waals surface area contributed by atoms with Crippen LogP contribution in [-0.2, 0) is 14.2 Å². The van der Waals surface area contributed by atoms with Crippen molar-refractivity contribution in [1.29, 1.82) is 0 Å². The van der Waals surface area contributed by atoms with Crippen LogP contribution in [0.4, 0.5) is 11.6 Å². The van der Waals surface area contributed by atoms with Gasteiger partial charge in [-0.05, 0) is 42.8 Å². The maximum absolute atomic E-state index is 12.9. The molecule has 2 fully saturated rings. The molecule has 47 heavy (non-hydrogen) atoms. The summed E-state index contributed by atoms with van der Waals surface area (Å²) in [5.74, 6) is -0.550. The van der Waals surface area contributed by atoms with Crippen LogP contribution in [-0.4, -0.2) is 67.0 Å². The first kappa shape index (κ1) is 31.9. The second kappa shape index (κ2) is 14.2. The summed E-state index contributed by atoms with van der Waals surface area (Å²) in [7, 11) is 0. The predicted octanol–water partition coefficient (Wildman–Crippen LogP) is 2.74. The van der Waals surface area contributed by atoms with Gasteiger partial charge in [0.15, 0.2) is 0 Å². The van der Waals surface area contributed by atoms with Crippen LogP contribution in [0, 0.1) is 0 Å². The Morgan fingerprint density at radius 3 is 1.77 bits per heavy atom. The van der Waals surface area contributed by atoms with Crippen molar-refractivity contribution in [3.8, 4) is 0 Å². The van der Waals surface area contributed by atoms with Gasteiger partial charge in [0.05, 0.1) is 24.9 Å². The molecular formula is C33H34N6O8. The Bertz CT molecular complexity index is 1830. The first-order valence-electron chi connectivity index (χ1n) is 15.3. The summed E-state index contributed by atoms with van der Waals surface area (Å²) in [5, 5.41) is 16.0. The highest BCUT2D eigenvalue weighted by atomic mass is 16.6. The van der Waals surface area contributed by atoms with E-state index in [1.807, 2.05) is 6.92 Å². The first-order chi connectivity index (χ1) is 22.8. The molecule has 0 bridgehead atoms. The van der Waals surface area contributed by atoms with Crippen molar-refractivity contribution in [2.75, 3.05) is 17.2 Å². The molecule has 0 aliphatic carbocycles. The molecule has 2 aromatic heterocycles. The molecule has 14 nitrogen and oxygen atoms in total. The average Bonchev–Trinajstić information content (AvgIpc) is 3.67. The van der Waals surface area contributed by atoms with Gasteiger partial charge in [0, 0.05) is 36.4 Å². The van der Waals surface area contributed by atoms with Gasteiger partial charge in [-0.3, -0.25) is 18.7 Å². The fourth-order valence-electron chi connectivity index (χ4n) is 5.62. The van der Waals surface area contributed by atoms with Gasteiger partial charge in [-0.2, -0.15) is 9.97 Å². The number of carbonyl (C=O) groups excluding carboxylic acids is 2. The van der Waals surface area contributed by atoms with Crippen molar-refractivity contribution < 1.29 is 28.9 Å². The van der Waals surface area contributed by atoms with Crippen LogP contribution in [0.5, 0.6) is 0 Å². The number of amides is 2. The number of nitrogens with one attached hydrogen (secondary N) is 2. The van der Waals surface area contributed by atoms with Crippen LogP contribution in [0.1, 0.15) is 59.4 Å². The molecule has 244 valence electrons. The van der Waals surface area contributed by atoms with Crippen molar-refractivity contribution in [3.05, 3.63) is 117 Å². The number of aromatic nitrogens is 4. The number of hydrogen-bond acceptors (Lipinski definition) is 10. The summed E-state index contributed by atoms with van der Waals surface area (Å²) in [6, 6.07) is 20.2. The predicted molar refractivity (Wildman–Crippen MR) is 169 cm³/mol. The molecule has 4 heterocycles. The number of ether oxygens (including phenoxy) is 3. The SMILES string of the molecule is CC[C@H]1O[C@@H](n2ccc(NC(=O)c3ccccc3)nc2=O)C[C@H]1OC[C@H]1O[C@@H](n2ccc(NC(=O)c3ccccc3)nc2=O)C[C@H]1O. The maximum Gasteiger partial charge on any atom is 0.351 e. The molecule has 6 rings (SSSR count). The Kier molecular flexibility index (Phi) is 9.63. The molecule has 0 spiro atoms. The lowest BCUT2D eigenvalue weighted by Crippen LogP contribution is -2.32. The molecule has 4 aromatic rings. The summed E-state index contributed by atoms with van der Waals surface area (Å²) in [5.41, 5.74) is -0.355. The molecule has 3 N–H and O–H groups in total. The van der Waals surface area contributed by atoms with Gasteiger partial charge in [-0.25, -0.2) is 9.59 Å². The second-order valence-corrected chi connectivity index (χ2v) is 11.2. The van der Waals surface area contributed by atoms with E-state index in [1.165, 1.54) is 33.7 Å². The zero-order valence-corrected chi connectivity index (χ0v) is 25.5. The van der Waals surface area contributed by atoms with E-state index in [0.717, 1.165) is 0 Å². The normalized spacial score (nSPS) is 23.8. The highest BCUT2D eigenvalue weighted by Gasteiger charge is 2.40. The maximum atomic E-state index is 12.9. The van der Waals surface area contributed by atoms with Crippen LogP contribution < -0.4 is 22.0 Å². The molecule has 2 aromatic carbocycles. The number of hydrogen-bond donors (Lipinski definition) is 3. The fourth-order valence-corrected chi connectivity index (χ4v) is 5.62. The Balaban J connectivity index is 1.04. The van der Waals surface area contributed by atoms with Crippen LogP contribution >= 0.6 is 0 Å². The average molecular weight is 643 g/mol. The van der Waals surface area contributed by atoms with Crippen LogP contribution in [0.25, 0.3) is 0 Å². The highest BCUT2D eigenvalue weighted by Crippen LogP contribution is 2.33. The van der Waals surface area contributed by atoms with Crippen LogP contribution in [0.3, 0.4) is 0 Å². The van der Waals surface area contributed by atoms with Gasteiger partial charge in [0.25, 0.3) is 11.8 Å². The van der Waals surface area contributed by atoms with Gasteiger partial charge in [-0.1, -0.05) is 43.3 Å². The van der Waals surface area contributed by atoms with Gasteiger partial charge in [0.1, 0.15) is 30.2 Å². The first-order valence-corrected chi connectivity index (χ1v) is 15.3. The number of anilines is 2. The summed E-state index contributed by atoms with van der Waals surface area (Å²) < 4.78 is 20.9. The van der Waals surface area contributed by atoms with Crippen molar-refractivity contribution >= 4 is 23.5 Å². The van der Waals surface area contributed by atoms with Crippen LogP contribution in [0.15, 0.2) is 94.8 Å². The molecule has 2 aliphatic heterocycles. The lowest BCUT2D eigenvalue weighted by atomic mass is 10.1. The standard InChI is InChI=1S/C33H34N6O8/c1-2-23-24(18-29(46-23)39-16-14-27(37-33(39)44)35-31(42)21-11-7-4-8-12-21)45-19-25-22(40)17-28(47-25)38-15-13-26(36-32(38)43)34-30(41)20-9-5-3-6-10-20/h3-16,22-25,28-29,40H,2,17-19H2,1H3,(H,34,36,41,43)(H,35,37,42,44)/t22-,23-,24-,25-,28-,29-/m1/s1. The largest absolute Gasteiger partial charge is 0.390 e. The van der Waals surface area contributed by atoms with E-state index >= 15 is 0 Å². The molecule has 0 unspecified atom stereocenters. The van der Waals surface area contributed by atoms with E-state index in [2.05, 4.69) is 20.6 Å². The molecule has 14 heteroatoms. The van der Waals surface area contributed by atoms with E-state index in [0.29, 0.717) is 24.0 Å². The lowest BCUT2D eigenvalue weighted by molar-refractivity contribution is -0.0952. The Morgan fingerprint density at radius 1 is 0.787 bits per heavy atom. The minimum atomic E-state index is -0.909. The summed E-state index contributed by atoms with van der Waals surface area (Å²) in [4.78, 5) is 58.5. The van der Waals surface area contributed by atoms with E-state index in [9.17, 15) is 24.3 Å². The van der Waals surface area contributed by atoms with E-state index in [-0.39, 0.29) is 36.7 Å². The monoisotopic (exact) mass is 642 g/mol. The van der Waals surface area contributed by atoms with Crippen LogP contribution in [0.2, 0.25) is 0 Å². The van der Waals surface area contributed by atoms with Crippen molar-refractivity contribution in [1.82, 2.24) is 19.1 Å². The number of nitrogens with zero attached hydrogens (tertiary/aromatic N) is 4. The van der Waals surface area contributed by atoms with E-state index in [4.69, 9.17) is 14.2 Å². The van der Waals surface area contributed by atoms with Gasteiger partial charge in [-0.15, -0.1) is 0 Å². The second-order valence-electron chi connectivity index (χ2n) is 11.2. The summed E-state index contributed by atoms with van der Waals surface area (Å²) in [6.07, 6.45) is 0.296. The fraction of sp³-hybridized carbons (Fsp3) is 0.333. The van der Waals surface area contributed by atoms with Gasteiger partial charge in [0.2, 0.25) is 0 Å². The third kappa shape index (κ3) is 7.36. The summed E-state index contributed by atoms with van der Waals surface area (Å²) in [6.45, 7) is 1.97. The highest BCUT2D eigenvalue weighted by molar-refractivity contribution is 6.04. The summed E-state index contributed by atoms with van der Waals surface area (Å²) >= 11 is 0. The molecule has 2 saturated heterocycles. The van der Waals surface area contributed by atoms with E-state index < -0.39 is 48.1 Å². The molecule has 0 radical (unpaired) electrons. The lowest BCUT2D eigenvalue weighted by Gasteiger charge is -2.21. The molecule has 0 saturated carbocycles.